The molecular weight excluding hydrogens is 232 g/mol. The summed E-state index contributed by atoms with van der Waals surface area (Å²) in [4.78, 5) is 12.7. The number of nitrogens with two attached hydrogens (primary N) is 1. The molecule has 0 spiro atoms. The largest absolute Gasteiger partial charge is 0.403 e. The van der Waals surface area contributed by atoms with Crippen molar-refractivity contribution in [2.75, 3.05) is 6.54 Å². The summed E-state index contributed by atoms with van der Waals surface area (Å²) in [6.07, 6.45) is 0.706. The first-order valence-corrected chi connectivity index (χ1v) is 4.97. The van der Waals surface area contributed by atoms with Crippen LogP contribution >= 0.6 is 11.6 Å². The van der Waals surface area contributed by atoms with E-state index in [0.29, 0.717) is 18.0 Å². The van der Waals surface area contributed by atoms with Crippen molar-refractivity contribution < 1.29 is 10.0 Å². The second-order valence-corrected chi connectivity index (χ2v) is 3.52. The van der Waals surface area contributed by atoms with Crippen LogP contribution < -0.4 is 16.2 Å². The minimum atomic E-state index is -0.718. The Morgan fingerprint density at radius 2 is 2.12 bits per heavy atom. The Kier molecular flexibility index (Phi) is 4.53. The van der Waals surface area contributed by atoms with Gasteiger partial charge < -0.3 is 0 Å². The normalized spacial score (nSPS) is 11.2. The van der Waals surface area contributed by atoms with Gasteiger partial charge in [-0.1, -0.05) is 23.7 Å². The van der Waals surface area contributed by atoms with Crippen LogP contribution in [0.15, 0.2) is 24.3 Å². The number of hydrogen-bond donors (Lipinski definition) is 3. The lowest BCUT2D eigenvalue weighted by atomic mass is 10.1. The van der Waals surface area contributed by atoms with Crippen LogP contribution in [-0.2, 0) is 6.42 Å². The highest BCUT2D eigenvalue weighted by atomic mass is 35.5. The molecule has 1 rings (SSSR count). The van der Waals surface area contributed by atoms with Crippen molar-refractivity contribution in [1.82, 2.24) is 5.43 Å². The first kappa shape index (κ1) is 12.3. The maximum atomic E-state index is 10.0. The van der Waals surface area contributed by atoms with Crippen LogP contribution in [-0.4, -0.2) is 17.5 Å². The first-order valence-electron chi connectivity index (χ1n) is 4.59. The summed E-state index contributed by atoms with van der Waals surface area (Å²) < 4.78 is 0. The molecule has 0 bridgehead atoms. The number of hydrazine groups is 1. The van der Waals surface area contributed by atoms with Gasteiger partial charge in [0.05, 0.1) is 6.54 Å². The molecule has 4 N–H and O–H groups in total. The third kappa shape index (κ3) is 4.61. The van der Waals surface area contributed by atoms with E-state index in [2.05, 4.69) is 4.99 Å². The lowest BCUT2D eigenvalue weighted by Gasteiger charge is -1.97. The van der Waals surface area contributed by atoms with E-state index in [1.54, 1.807) is 12.1 Å². The molecule has 0 aromatic heterocycles. The van der Waals surface area contributed by atoms with Crippen molar-refractivity contribution in [3.63, 3.8) is 0 Å². The number of guanidine groups is 1. The van der Waals surface area contributed by atoms with Crippen molar-refractivity contribution in [2.24, 2.45) is 5.73 Å². The molecule has 0 unspecified atom stereocenters. The van der Waals surface area contributed by atoms with Gasteiger partial charge in [-0.3, -0.25) is 10.7 Å². The van der Waals surface area contributed by atoms with Gasteiger partial charge in [0.1, 0.15) is 0 Å². The van der Waals surface area contributed by atoms with Crippen LogP contribution in [0.3, 0.4) is 0 Å². The fourth-order valence-corrected chi connectivity index (χ4v) is 1.26. The van der Waals surface area contributed by atoms with E-state index in [1.165, 1.54) is 0 Å². The van der Waals surface area contributed by atoms with Gasteiger partial charge in [0, 0.05) is 16.9 Å². The van der Waals surface area contributed by atoms with Crippen LogP contribution in [0, 0.1) is 10.1 Å². The van der Waals surface area contributed by atoms with Gasteiger partial charge in [-0.25, -0.2) is 10.1 Å². The molecule has 0 radical (unpaired) electrons. The second-order valence-electron chi connectivity index (χ2n) is 3.09. The minimum Gasteiger partial charge on any atom is -0.286 e. The number of halogens is 1. The minimum absolute atomic E-state index is 0.0704. The van der Waals surface area contributed by atoms with E-state index in [0.717, 1.165) is 5.56 Å². The molecule has 0 amide bonds. The monoisotopic (exact) mass is 243 g/mol. The number of nitrogens with zero attached hydrogens (tertiary/aromatic N) is 1. The van der Waals surface area contributed by atoms with Gasteiger partial charge in [0.25, 0.3) is 0 Å². The quantitative estimate of drug-likeness (QED) is 0.275. The van der Waals surface area contributed by atoms with Crippen LogP contribution in [0.25, 0.3) is 0 Å². The Morgan fingerprint density at radius 1 is 1.50 bits per heavy atom. The van der Waals surface area contributed by atoms with Crippen molar-refractivity contribution in [2.45, 2.75) is 6.42 Å². The summed E-state index contributed by atoms with van der Waals surface area (Å²) in [6.45, 7) is 0.508. The van der Waals surface area contributed by atoms with E-state index >= 15 is 0 Å². The summed E-state index contributed by atoms with van der Waals surface area (Å²) in [5.41, 5.74) is 8.19. The molecule has 1 aromatic carbocycles. The van der Waals surface area contributed by atoms with Crippen LogP contribution in [0.4, 0.5) is 0 Å². The molecule has 1 aromatic rings. The number of benzene rings is 1. The maximum absolute atomic E-state index is 10.0. The summed E-state index contributed by atoms with van der Waals surface area (Å²) in [7, 11) is 0. The van der Waals surface area contributed by atoms with Crippen LogP contribution in [0.5, 0.6) is 0 Å². The van der Waals surface area contributed by atoms with Gasteiger partial charge >= 0.3 is 5.96 Å². The molecule has 7 heteroatoms. The van der Waals surface area contributed by atoms with Gasteiger partial charge in [-0.15, -0.1) is 0 Å². The average molecular weight is 244 g/mol. The Hall–Kier alpha value is -1.82. The zero-order chi connectivity index (χ0) is 12.0. The maximum Gasteiger partial charge on any atom is 0.403 e. The van der Waals surface area contributed by atoms with E-state index in [1.807, 2.05) is 17.6 Å². The van der Waals surface area contributed by atoms with Gasteiger partial charge in [-0.05, 0) is 17.7 Å². The highest BCUT2D eigenvalue weighted by Gasteiger charge is 2.05. The Labute approximate surface area is 97.2 Å². The smallest absolute Gasteiger partial charge is 0.286 e. The molecule has 0 saturated carbocycles. The summed E-state index contributed by atoms with van der Waals surface area (Å²) in [6, 6.07) is 7.36. The van der Waals surface area contributed by atoms with Crippen molar-refractivity contribution in [3.05, 3.63) is 45.0 Å². The average Bonchev–Trinajstić information content (AvgIpc) is 2.20. The fraction of sp³-hybridized carbons (Fsp3) is 0.222. The van der Waals surface area contributed by atoms with E-state index in [-0.39, 0.29) is 5.96 Å². The lowest BCUT2D eigenvalue weighted by Crippen LogP contribution is -2.79. The molecule has 0 heterocycles. The Bertz CT molecular complexity index is 391. The Balaban J connectivity index is 2.40. The van der Waals surface area contributed by atoms with E-state index in [9.17, 15) is 10.1 Å². The second kappa shape index (κ2) is 5.92. The van der Waals surface area contributed by atoms with E-state index in [4.69, 9.17) is 17.3 Å². The molecular formula is C9H12ClN4O2+. The predicted molar refractivity (Wildman–Crippen MR) is 60.3 cm³/mol. The number of nitrogens with one attached hydrogen (secondary N) is 2. The van der Waals surface area contributed by atoms with Crippen molar-refractivity contribution >= 4 is 17.6 Å². The summed E-state index contributed by atoms with van der Waals surface area (Å²) in [5, 5.41) is 9.98. The fourth-order valence-electron chi connectivity index (χ4n) is 1.13. The SMILES string of the molecule is NC(N[N+](=O)[O-])=[NH+]CCc1ccc(Cl)cc1. The number of rotatable bonds is 4. The Morgan fingerprint density at radius 3 is 2.69 bits per heavy atom. The first-order chi connectivity index (χ1) is 7.58. The molecule has 86 valence electrons. The zero-order valence-electron chi connectivity index (χ0n) is 8.44. The van der Waals surface area contributed by atoms with Gasteiger partial charge in [0.2, 0.25) is 5.03 Å². The molecule has 16 heavy (non-hydrogen) atoms. The van der Waals surface area contributed by atoms with Crippen molar-refractivity contribution in [1.29, 1.82) is 0 Å². The van der Waals surface area contributed by atoms with Crippen molar-refractivity contribution in [3.8, 4) is 0 Å². The summed E-state index contributed by atoms with van der Waals surface area (Å²) in [5.74, 6) is -0.0704. The lowest BCUT2D eigenvalue weighted by molar-refractivity contribution is -0.546. The molecule has 0 aliphatic rings. The zero-order valence-corrected chi connectivity index (χ0v) is 9.20. The molecule has 0 atom stereocenters. The molecule has 0 aliphatic carbocycles. The predicted octanol–water partition coefficient (Wildman–Crippen LogP) is -0.941. The summed E-state index contributed by atoms with van der Waals surface area (Å²) >= 11 is 5.73. The molecule has 0 fully saturated rings. The number of nitro groups is 1. The highest BCUT2D eigenvalue weighted by Crippen LogP contribution is 2.08. The standard InChI is InChI=1S/C9H11ClN4O2/c10-8-3-1-7(2-4-8)5-6-12-9(11)13-14(15)16/h1-4H,5-6H2,(H3,11,12,13)/p+1. The molecule has 6 nitrogen and oxygen atoms in total. The number of hydrogen-bond acceptors (Lipinski definition) is 2. The van der Waals surface area contributed by atoms with Crippen LogP contribution in [0.2, 0.25) is 5.02 Å². The van der Waals surface area contributed by atoms with Crippen LogP contribution in [0.1, 0.15) is 5.56 Å². The van der Waals surface area contributed by atoms with Gasteiger partial charge in [0.15, 0.2) is 0 Å². The third-order valence-electron chi connectivity index (χ3n) is 1.85. The highest BCUT2D eigenvalue weighted by molar-refractivity contribution is 6.30. The van der Waals surface area contributed by atoms with Gasteiger partial charge in [-0.2, -0.15) is 0 Å². The molecule has 0 aliphatic heterocycles. The van der Waals surface area contributed by atoms with E-state index < -0.39 is 5.03 Å². The third-order valence-corrected chi connectivity index (χ3v) is 2.11. The molecule has 0 saturated heterocycles. The topological polar surface area (TPSA) is 95.2 Å².